The van der Waals surface area contributed by atoms with Crippen molar-refractivity contribution in [3.63, 3.8) is 0 Å². The molecule has 0 rings (SSSR count). The van der Waals surface area contributed by atoms with Gasteiger partial charge in [0.25, 0.3) is 0 Å². The van der Waals surface area contributed by atoms with E-state index in [1.165, 1.54) is 0 Å². The van der Waals surface area contributed by atoms with Crippen LogP contribution in [0.2, 0.25) is 0 Å². The fraction of sp³-hybridized carbons (Fsp3) is 1.00. The zero-order valence-electron chi connectivity index (χ0n) is 3.55. The fourth-order valence-electron chi connectivity index (χ4n) is 0.0645. The van der Waals surface area contributed by atoms with Crippen LogP contribution in [0, 0.1) is 0 Å². The van der Waals surface area contributed by atoms with Gasteiger partial charge in [-0.15, -0.1) is 12.4 Å². The van der Waals surface area contributed by atoms with E-state index in [1.807, 2.05) is 6.92 Å². The predicted octanol–water partition coefficient (Wildman–Crippen LogP) is 1.30. The molecule has 0 atom stereocenters. The van der Waals surface area contributed by atoms with E-state index in [9.17, 15) is 0 Å². The molecule has 0 aromatic heterocycles. The largest absolute Gasteiger partial charge is 0.147 e. The standard InChI is InChI=1S/C3H7O.ClH.Ni/c1-2-3-4;;/h2-3H2,1H3;1H;/q-1;;+1. The summed E-state index contributed by atoms with van der Waals surface area (Å²) in [6, 6.07) is 0. The first-order chi connectivity index (χ1) is 2.41. The Balaban J connectivity index is 0. The average Bonchev–Trinajstić information content (AvgIpc) is 1.41. The number of hydrogen-bond acceptors (Lipinski definition) is 1. The second kappa shape index (κ2) is 9.22. The van der Waals surface area contributed by atoms with Crippen molar-refractivity contribution in [3.05, 3.63) is 0 Å². The maximum atomic E-state index is 4.32. The van der Waals surface area contributed by atoms with Gasteiger partial charge in [0.05, 0.1) is 0 Å². The zero-order chi connectivity index (χ0) is 4.12. The van der Waals surface area contributed by atoms with E-state index in [0.29, 0.717) is 0 Å². The van der Waals surface area contributed by atoms with Gasteiger partial charge >= 0.3 is 39.6 Å². The summed E-state index contributed by atoms with van der Waals surface area (Å²) in [5, 5.41) is 0. The summed E-state index contributed by atoms with van der Waals surface area (Å²) in [6.07, 6.45) is 1.03. The summed E-state index contributed by atoms with van der Waals surface area (Å²) >= 11 is 3.91. The van der Waals surface area contributed by atoms with E-state index in [0.717, 1.165) is 13.0 Å². The Morgan fingerprint density at radius 2 is 2.17 bits per heavy atom. The van der Waals surface area contributed by atoms with Crippen molar-refractivity contribution in [2.45, 2.75) is 13.3 Å². The molecule has 0 heterocycles. The van der Waals surface area contributed by atoms with Gasteiger partial charge < -0.3 is 0 Å². The van der Waals surface area contributed by atoms with E-state index in [1.54, 1.807) is 0 Å². The van der Waals surface area contributed by atoms with Crippen LogP contribution < -0.4 is 0 Å². The molecular formula is C3H8ClNiO. The van der Waals surface area contributed by atoms with Crippen LogP contribution in [-0.4, -0.2) is 6.61 Å². The molecule has 0 amide bonds. The number of hydrogen-bond donors (Lipinski definition) is 0. The van der Waals surface area contributed by atoms with Crippen LogP contribution in [0.3, 0.4) is 0 Å². The van der Waals surface area contributed by atoms with Crippen LogP contribution in [-0.2, 0) is 19.7 Å². The van der Waals surface area contributed by atoms with Crippen LogP contribution in [0.5, 0.6) is 0 Å². The first kappa shape index (κ1) is 9.89. The Labute approximate surface area is 52.5 Å². The third kappa shape index (κ3) is 8.83. The van der Waals surface area contributed by atoms with Gasteiger partial charge in [0.15, 0.2) is 0 Å². The van der Waals surface area contributed by atoms with Crippen molar-refractivity contribution < 1.29 is 19.7 Å². The van der Waals surface area contributed by atoms with Gasteiger partial charge in [-0.3, -0.25) is 0 Å². The van der Waals surface area contributed by atoms with E-state index < -0.39 is 0 Å². The van der Waals surface area contributed by atoms with E-state index in [4.69, 9.17) is 0 Å². The van der Waals surface area contributed by atoms with E-state index >= 15 is 0 Å². The Hall–Kier alpha value is 0.744. The van der Waals surface area contributed by atoms with Crippen molar-refractivity contribution in [1.29, 1.82) is 0 Å². The normalized spacial score (nSPS) is 7.17. The smallest absolute Gasteiger partial charge is 0.147 e. The van der Waals surface area contributed by atoms with Gasteiger partial charge in [0, 0.05) is 0 Å². The molecule has 0 aromatic carbocycles. The van der Waals surface area contributed by atoms with Gasteiger partial charge in [-0.1, -0.05) is 0 Å². The Morgan fingerprint density at radius 1 is 1.67 bits per heavy atom. The third-order valence-corrected chi connectivity index (χ3v) is 0.470. The molecule has 0 aromatic rings. The van der Waals surface area contributed by atoms with E-state index in [-0.39, 0.29) is 12.4 Å². The first-order valence-corrected chi connectivity index (χ1v) is 2.03. The monoisotopic (exact) mass is 153 g/mol. The molecule has 43 valence electrons. The maximum absolute atomic E-state index is 4.32. The maximum Gasteiger partial charge on any atom is -0.147 e. The summed E-state index contributed by atoms with van der Waals surface area (Å²) in [5.41, 5.74) is 0. The molecule has 0 fully saturated rings. The SMILES string of the molecule is CCC[O][Ni].Cl. The average molecular weight is 154 g/mol. The third-order valence-electron chi connectivity index (χ3n) is 0.269. The Kier molecular flexibility index (Phi) is 15.2. The van der Waals surface area contributed by atoms with Gasteiger partial charge in [-0.05, 0) is 0 Å². The fourth-order valence-corrected chi connectivity index (χ4v) is 0.266. The van der Waals surface area contributed by atoms with Crippen molar-refractivity contribution >= 4 is 12.4 Å². The van der Waals surface area contributed by atoms with Crippen LogP contribution in [0.15, 0.2) is 0 Å². The predicted molar refractivity (Wildman–Crippen MR) is 23.5 cm³/mol. The topological polar surface area (TPSA) is 9.23 Å². The first-order valence-electron chi connectivity index (χ1n) is 1.62. The minimum Gasteiger partial charge on any atom is -0.147 e. The van der Waals surface area contributed by atoms with Crippen LogP contribution in [0.4, 0.5) is 0 Å². The van der Waals surface area contributed by atoms with Gasteiger partial charge in [-0.25, -0.2) is 0 Å². The van der Waals surface area contributed by atoms with Gasteiger partial charge in [-0.2, -0.15) is 0 Å². The summed E-state index contributed by atoms with van der Waals surface area (Å²) in [6.45, 7) is 2.75. The molecule has 1 nitrogen and oxygen atoms in total. The molecule has 0 N–H and O–H groups in total. The molecule has 0 saturated carbocycles. The van der Waals surface area contributed by atoms with Crippen molar-refractivity contribution in [1.82, 2.24) is 0 Å². The Morgan fingerprint density at radius 3 is 2.17 bits per heavy atom. The van der Waals surface area contributed by atoms with Crippen LogP contribution in [0.25, 0.3) is 0 Å². The summed E-state index contributed by atoms with van der Waals surface area (Å²) in [5.74, 6) is 0. The van der Waals surface area contributed by atoms with Crippen LogP contribution in [0.1, 0.15) is 13.3 Å². The quantitative estimate of drug-likeness (QED) is 0.545. The summed E-state index contributed by atoms with van der Waals surface area (Å²) in [7, 11) is 0. The number of halogens is 1. The molecule has 0 aliphatic carbocycles. The minimum atomic E-state index is 0. The molecular weight excluding hydrogens is 146 g/mol. The van der Waals surface area contributed by atoms with Crippen molar-refractivity contribution in [2.24, 2.45) is 0 Å². The van der Waals surface area contributed by atoms with Gasteiger partial charge in [0.2, 0.25) is 0 Å². The number of rotatable bonds is 2. The van der Waals surface area contributed by atoms with Crippen LogP contribution >= 0.6 is 12.4 Å². The molecule has 0 bridgehead atoms. The molecule has 6 heavy (non-hydrogen) atoms. The molecule has 0 unspecified atom stereocenters. The van der Waals surface area contributed by atoms with Crippen molar-refractivity contribution in [3.8, 4) is 0 Å². The van der Waals surface area contributed by atoms with E-state index in [2.05, 4.69) is 19.7 Å². The molecule has 0 aliphatic rings. The molecule has 0 spiro atoms. The van der Waals surface area contributed by atoms with Crippen molar-refractivity contribution in [2.75, 3.05) is 6.61 Å². The molecule has 3 heteroatoms. The molecule has 0 aliphatic heterocycles. The Bertz CT molecular complexity index is 18.3. The second-order valence-electron chi connectivity index (χ2n) is 0.795. The zero-order valence-corrected chi connectivity index (χ0v) is 5.35. The summed E-state index contributed by atoms with van der Waals surface area (Å²) < 4.78 is 4.32. The second-order valence-corrected chi connectivity index (χ2v) is 1.08. The van der Waals surface area contributed by atoms with Gasteiger partial charge in [0.1, 0.15) is 0 Å². The minimum absolute atomic E-state index is 0. The molecule has 0 radical (unpaired) electrons. The molecule has 0 saturated heterocycles. The summed E-state index contributed by atoms with van der Waals surface area (Å²) in [4.78, 5) is 0.